The van der Waals surface area contributed by atoms with Crippen molar-refractivity contribution < 1.29 is 9.84 Å². The van der Waals surface area contributed by atoms with E-state index in [1.165, 1.54) is 5.56 Å². The summed E-state index contributed by atoms with van der Waals surface area (Å²) < 4.78 is 5.33. The molecule has 0 bridgehead atoms. The Morgan fingerprint density at radius 1 is 0.964 bits per heavy atom. The second kappa shape index (κ2) is 9.19. The predicted molar refractivity (Wildman–Crippen MR) is 121 cm³/mol. The molecule has 0 aliphatic heterocycles. The Hall–Kier alpha value is -1.71. The minimum absolute atomic E-state index is 0.0168. The normalized spacial score (nSPS) is 12.8. The van der Waals surface area contributed by atoms with E-state index in [-0.39, 0.29) is 16.9 Å². The number of ether oxygens (including phenoxy) is 1. The van der Waals surface area contributed by atoms with E-state index < -0.39 is 0 Å². The van der Waals surface area contributed by atoms with Gasteiger partial charge in [-0.2, -0.15) is 0 Å². The summed E-state index contributed by atoms with van der Waals surface area (Å²) in [6.07, 6.45) is 0. The van der Waals surface area contributed by atoms with Gasteiger partial charge in [-0.25, -0.2) is 0 Å². The molecule has 28 heavy (non-hydrogen) atoms. The summed E-state index contributed by atoms with van der Waals surface area (Å²) in [5.41, 5.74) is 9.52. The SMILES string of the molecule is COc1cc(C(C)(C)C)c(O)c(C(C)(C)C)c1.Cc1ccc(C(C)N)c(Cl)c1. The number of rotatable bonds is 2. The highest BCUT2D eigenvalue weighted by atomic mass is 35.5. The molecule has 156 valence electrons. The number of halogens is 1. The van der Waals surface area contributed by atoms with Crippen LogP contribution in [0.3, 0.4) is 0 Å². The highest BCUT2D eigenvalue weighted by Gasteiger charge is 2.26. The summed E-state index contributed by atoms with van der Waals surface area (Å²) >= 11 is 5.94. The van der Waals surface area contributed by atoms with Crippen molar-refractivity contribution in [3.05, 3.63) is 57.6 Å². The molecule has 2 rings (SSSR count). The van der Waals surface area contributed by atoms with E-state index >= 15 is 0 Å². The smallest absolute Gasteiger partial charge is 0.123 e. The van der Waals surface area contributed by atoms with Crippen LogP contribution in [0, 0.1) is 6.92 Å². The molecule has 3 nitrogen and oxygen atoms in total. The van der Waals surface area contributed by atoms with E-state index in [0.717, 1.165) is 27.5 Å². The van der Waals surface area contributed by atoms with Gasteiger partial charge in [-0.05, 0) is 54.0 Å². The van der Waals surface area contributed by atoms with Crippen LogP contribution < -0.4 is 10.5 Å². The quantitative estimate of drug-likeness (QED) is 0.586. The molecule has 0 amide bonds. The summed E-state index contributed by atoms with van der Waals surface area (Å²) in [7, 11) is 1.66. The maximum absolute atomic E-state index is 10.4. The molecule has 1 atom stereocenters. The van der Waals surface area contributed by atoms with Crippen LogP contribution in [0.4, 0.5) is 0 Å². The van der Waals surface area contributed by atoms with Gasteiger partial charge in [0.25, 0.3) is 0 Å². The van der Waals surface area contributed by atoms with Crippen LogP contribution in [0.2, 0.25) is 5.02 Å². The van der Waals surface area contributed by atoms with E-state index in [1.54, 1.807) is 7.11 Å². The van der Waals surface area contributed by atoms with Crippen LogP contribution in [0.25, 0.3) is 0 Å². The van der Waals surface area contributed by atoms with Gasteiger partial charge >= 0.3 is 0 Å². The van der Waals surface area contributed by atoms with Crippen molar-refractivity contribution in [3.8, 4) is 11.5 Å². The fourth-order valence-corrected chi connectivity index (χ4v) is 3.28. The van der Waals surface area contributed by atoms with E-state index in [4.69, 9.17) is 22.1 Å². The first-order valence-electron chi connectivity index (χ1n) is 9.62. The van der Waals surface area contributed by atoms with Crippen molar-refractivity contribution >= 4 is 11.6 Å². The van der Waals surface area contributed by atoms with Gasteiger partial charge in [0.15, 0.2) is 0 Å². The Bertz CT molecular complexity index is 764. The van der Waals surface area contributed by atoms with Gasteiger partial charge in [0.2, 0.25) is 0 Å². The molecule has 0 aliphatic rings. The molecule has 0 aromatic heterocycles. The van der Waals surface area contributed by atoms with Gasteiger partial charge < -0.3 is 15.6 Å². The molecule has 0 saturated carbocycles. The third-order valence-electron chi connectivity index (χ3n) is 4.58. The van der Waals surface area contributed by atoms with E-state index in [2.05, 4.69) is 41.5 Å². The minimum atomic E-state index is -0.0986. The molecule has 2 aromatic carbocycles. The summed E-state index contributed by atoms with van der Waals surface area (Å²) in [6, 6.07) is 9.78. The maximum Gasteiger partial charge on any atom is 0.123 e. The Morgan fingerprint density at radius 2 is 1.43 bits per heavy atom. The van der Waals surface area contributed by atoms with Crippen molar-refractivity contribution in [2.75, 3.05) is 7.11 Å². The Morgan fingerprint density at radius 3 is 1.75 bits per heavy atom. The molecule has 1 unspecified atom stereocenters. The molecule has 0 fully saturated rings. The molecule has 2 aromatic rings. The van der Waals surface area contributed by atoms with Crippen molar-refractivity contribution in [3.63, 3.8) is 0 Å². The number of aromatic hydroxyl groups is 1. The van der Waals surface area contributed by atoms with Crippen molar-refractivity contribution in [1.29, 1.82) is 0 Å². The molecule has 0 spiro atoms. The van der Waals surface area contributed by atoms with Crippen LogP contribution in [0.5, 0.6) is 11.5 Å². The topological polar surface area (TPSA) is 55.5 Å². The first kappa shape index (κ1) is 24.3. The Balaban J connectivity index is 0.000000307. The second-order valence-corrected chi connectivity index (χ2v) is 9.79. The Labute approximate surface area is 175 Å². The molecule has 3 N–H and O–H groups in total. The number of hydrogen-bond acceptors (Lipinski definition) is 3. The van der Waals surface area contributed by atoms with Gasteiger partial charge in [-0.15, -0.1) is 0 Å². The van der Waals surface area contributed by atoms with E-state index in [0.29, 0.717) is 5.75 Å². The summed E-state index contributed by atoms with van der Waals surface area (Å²) in [5.74, 6) is 1.20. The Kier molecular flexibility index (Phi) is 7.99. The average molecular weight is 406 g/mol. The number of phenolic OH excluding ortho intramolecular Hbond substituents is 1. The third kappa shape index (κ3) is 6.42. The fourth-order valence-electron chi connectivity index (χ4n) is 2.87. The molecule has 0 saturated heterocycles. The zero-order chi connectivity index (χ0) is 21.9. The summed E-state index contributed by atoms with van der Waals surface area (Å²) in [6.45, 7) is 16.5. The second-order valence-electron chi connectivity index (χ2n) is 9.38. The summed E-state index contributed by atoms with van der Waals surface area (Å²) in [5, 5.41) is 11.2. The predicted octanol–water partition coefficient (Wildman–Crippen LogP) is 6.66. The molecular weight excluding hydrogens is 370 g/mol. The molecular formula is C24H36ClNO2. The largest absolute Gasteiger partial charge is 0.507 e. The molecule has 4 heteroatoms. The van der Waals surface area contributed by atoms with Crippen molar-refractivity contribution in [2.45, 2.75) is 72.3 Å². The van der Waals surface area contributed by atoms with Gasteiger partial charge in [0, 0.05) is 22.2 Å². The van der Waals surface area contributed by atoms with Crippen molar-refractivity contribution in [1.82, 2.24) is 0 Å². The molecule has 0 aliphatic carbocycles. The zero-order valence-corrected chi connectivity index (χ0v) is 19.5. The fraction of sp³-hybridized carbons (Fsp3) is 0.500. The highest BCUT2D eigenvalue weighted by molar-refractivity contribution is 6.31. The minimum Gasteiger partial charge on any atom is -0.507 e. The number of hydrogen-bond donors (Lipinski definition) is 2. The van der Waals surface area contributed by atoms with Gasteiger partial charge in [-0.3, -0.25) is 0 Å². The van der Waals surface area contributed by atoms with E-state index in [9.17, 15) is 5.11 Å². The van der Waals surface area contributed by atoms with E-state index in [1.807, 2.05) is 44.2 Å². The van der Waals surface area contributed by atoms with Crippen LogP contribution in [0.15, 0.2) is 30.3 Å². The lowest BCUT2D eigenvalue weighted by atomic mass is 9.79. The standard InChI is InChI=1S/C15H24O2.C9H12ClN/c1-14(2,3)11-8-10(17-7)9-12(13(11)16)15(4,5)6;1-6-3-4-8(7(2)11)9(10)5-6/h8-9,16H,1-7H3;3-5,7H,11H2,1-2H3. The maximum atomic E-state index is 10.4. The summed E-state index contributed by atoms with van der Waals surface area (Å²) in [4.78, 5) is 0. The van der Waals surface area contributed by atoms with Crippen LogP contribution in [-0.4, -0.2) is 12.2 Å². The number of methoxy groups -OCH3 is 1. The lowest BCUT2D eigenvalue weighted by Crippen LogP contribution is -2.17. The first-order chi connectivity index (χ1) is 12.7. The van der Waals surface area contributed by atoms with Crippen molar-refractivity contribution in [2.24, 2.45) is 5.73 Å². The van der Waals surface area contributed by atoms with Crippen LogP contribution in [0.1, 0.15) is 76.8 Å². The lowest BCUT2D eigenvalue weighted by molar-refractivity contribution is 0.395. The first-order valence-corrected chi connectivity index (χ1v) is 10.00. The number of nitrogens with two attached hydrogens (primary N) is 1. The van der Waals surface area contributed by atoms with Crippen LogP contribution in [-0.2, 0) is 10.8 Å². The van der Waals surface area contributed by atoms with Gasteiger partial charge in [-0.1, -0.05) is 65.3 Å². The van der Waals surface area contributed by atoms with Crippen LogP contribution >= 0.6 is 11.6 Å². The average Bonchev–Trinajstić information content (AvgIpc) is 2.53. The third-order valence-corrected chi connectivity index (χ3v) is 4.91. The lowest BCUT2D eigenvalue weighted by Gasteiger charge is -2.27. The number of benzene rings is 2. The van der Waals surface area contributed by atoms with Gasteiger partial charge in [0.05, 0.1) is 7.11 Å². The van der Waals surface area contributed by atoms with Gasteiger partial charge in [0.1, 0.15) is 11.5 Å². The zero-order valence-electron chi connectivity index (χ0n) is 18.8. The monoisotopic (exact) mass is 405 g/mol. The molecule has 0 radical (unpaired) electrons. The number of phenols is 1. The number of aryl methyl sites for hydroxylation is 1. The highest BCUT2D eigenvalue weighted by Crippen LogP contribution is 2.41. The molecule has 0 heterocycles.